The highest BCUT2D eigenvalue weighted by Crippen LogP contribution is 2.19. The van der Waals surface area contributed by atoms with Gasteiger partial charge in [0, 0.05) is 19.6 Å². The van der Waals surface area contributed by atoms with Gasteiger partial charge in [-0.15, -0.1) is 0 Å². The molecule has 1 aliphatic carbocycles. The van der Waals surface area contributed by atoms with E-state index in [2.05, 4.69) is 42.5 Å². The summed E-state index contributed by atoms with van der Waals surface area (Å²) in [5.74, 6) is 1.54. The summed E-state index contributed by atoms with van der Waals surface area (Å²) in [6, 6.07) is 0.449. The molecule has 0 aliphatic heterocycles. The van der Waals surface area contributed by atoms with Gasteiger partial charge < -0.3 is 10.6 Å². The van der Waals surface area contributed by atoms with Crippen LogP contribution in [0.2, 0.25) is 0 Å². The van der Waals surface area contributed by atoms with E-state index >= 15 is 0 Å². The van der Waals surface area contributed by atoms with Crippen LogP contribution in [-0.4, -0.2) is 25.6 Å². The first-order chi connectivity index (χ1) is 8.63. The smallest absolute Gasteiger partial charge is 0.191 e. The van der Waals surface area contributed by atoms with Gasteiger partial charge in [-0.05, 0) is 44.9 Å². The van der Waals surface area contributed by atoms with E-state index in [1.807, 2.05) is 7.05 Å². The average Bonchev–Trinajstić information content (AvgIpc) is 2.38. The Morgan fingerprint density at radius 2 is 2.11 bits per heavy atom. The molecular weight excluding hydrogens is 222 g/mol. The molecule has 0 aromatic heterocycles. The van der Waals surface area contributed by atoms with E-state index < -0.39 is 0 Å². The minimum Gasteiger partial charge on any atom is -0.356 e. The molecule has 1 unspecified atom stereocenters. The maximum Gasteiger partial charge on any atom is 0.191 e. The fourth-order valence-corrected chi connectivity index (χ4v) is 2.05. The number of hydrogen-bond donors (Lipinski definition) is 2. The summed E-state index contributed by atoms with van der Waals surface area (Å²) in [5.41, 5.74) is 1.61. The van der Waals surface area contributed by atoms with Crippen molar-refractivity contribution in [2.45, 2.75) is 58.9 Å². The van der Waals surface area contributed by atoms with E-state index in [-0.39, 0.29) is 0 Å². The molecule has 0 amide bonds. The molecule has 2 N–H and O–H groups in total. The third-order valence-electron chi connectivity index (χ3n) is 3.71. The minimum atomic E-state index is 0.449. The Labute approximate surface area is 112 Å². The van der Waals surface area contributed by atoms with Gasteiger partial charge in [0.25, 0.3) is 0 Å². The maximum atomic E-state index is 4.27. The number of nitrogens with zero attached hydrogens (tertiary/aromatic N) is 1. The first kappa shape index (κ1) is 15.1. The molecule has 1 rings (SSSR count). The molecule has 1 atom stereocenters. The van der Waals surface area contributed by atoms with Gasteiger partial charge in [0.2, 0.25) is 0 Å². The second kappa shape index (κ2) is 8.17. The molecule has 0 aromatic rings. The summed E-state index contributed by atoms with van der Waals surface area (Å²) >= 11 is 0. The quantitative estimate of drug-likeness (QED) is 0.447. The van der Waals surface area contributed by atoms with Crippen molar-refractivity contribution in [1.29, 1.82) is 0 Å². The minimum absolute atomic E-state index is 0.449. The Morgan fingerprint density at radius 1 is 1.33 bits per heavy atom. The average molecular weight is 251 g/mol. The monoisotopic (exact) mass is 251 g/mol. The fourth-order valence-electron chi connectivity index (χ4n) is 2.05. The SMILES string of the molecule is CN=C(NCCC1=CCCCC1)NC(C)C(C)C. The summed E-state index contributed by atoms with van der Waals surface area (Å²) in [6.07, 6.45) is 8.85. The first-order valence-corrected chi connectivity index (χ1v) is 7.28. The first-order valence-electron chi connectivity index (χ1n) is 7.28. The second-order valence-electron chi connectivity index (χ2n) is 5.53. The van der Waals surface area contributed by atoms with E-state index in [0.29, 0.717) is 12.0 Å². The topological polar surface area (TPSA) is 36.4 Å². The van der Waals surface area contributed by atoms with Crippen molar-refractivity contribution in [2.75, 3.05) is 13.6 Å². The van der Waals surface area contributed by atoms with E-state index in [1.165, 1.54) is 25.7 Å². The van der Waals surface area contributed by atoms with Gasteiger partial charge in [-0.1, -0.05) is 25.5 Å². The van der Waals surface area contributed by atoms with Crippen molar-refractivity contribution >= 4 is 5.96 Å². The summed E-state index contributed by atoms with van der Waals surface area (Å²) in [7, 11) is 1.84. The van der Waals surface area contributed by atoms with Gasteiger partial charge in [-0.2, -0.15) is 0 Å². The largest absolute Gasteiger partial charge is 0.356 e. The van der Waals surface area contributed by atoms with Crippen LogP contribution in [0.5, 0.6) is 0 Å². The van der Waals surface area contributed by atoms with Crippen molar-refractivity contribution < 1.29 is 0 Å². The Morgan fingerprint density at radius 3 is 2.67 bits per heavy atom. The molecule has 18 heavy (non-hydrogen) atoms. The Hall–Kier alpha value is -0.990. The Bertz CT molecular complexity index is 292. The van der Waals surface area contributed by atoms with Crippen LogP contribution in [0.1, 0.15) is 52.9 Å². The highest BCUT2D eigenvalue weighted by Gasteiger charge is 2.09. The predicted molar refractivity (Wildman–Crippen MR) is 80.0 cm³/mol. The zero-order valence-electron chi connectivity index (χ0n) is 12.4. The number of allylic oxidation sites excluding steroid dienone is 1. The molecule has 0 radical (unpaired) electrons. The van der Waals surface area contributed by atoms with Gasteiger partial charge in [0.1, 0.15) is 0 Å². The van der Waals surface area contributed by atoms with Crippen molar-refractivity contribution in [3.8, 4) is 0 Å². The number of nitrogens with one attached hydrogen (secondary N) is 2. The van der Waals surface area contributed by atoms with Crippen LogP contribution in [0.25, 0.3) is 0 Å². The fraction of sp³-hybridized carbons (Fsp3) is 0.800. The van der Waals surface area contributed by atoms with Crippen molar-refractivity contribution in [3.05, 3.63) is 11.6 Å². The Balaban J connectivity index is 2.25. The lowest BCUT2D eigenvalue weighted by molar-refractivity contribution is 0.481. The number of hydrogen-bond acceptors (Lipinski definition) is 1. The van der Waals surface area contributed by atoms with Crippen LogP contribution in [0.15, 0.2) is 16.6 Å². The highest BCUT2D eigenvalue weighted by atomic mass is 15.2. The second-order valence-corrected chi connectivity index (χ2v) is 5.53. The number of rotatable bonds is 5. The summed E-state index contributed by atoms with van der Waals surface area (Å²) in [5, 5.41) is 6.82. The van der Waals surface area contributed by atoms with Gasteiger partial charge in [-0.3, -0.25) is 4.99 Å². The van der Waals surface area contributed by atoms with Crippen LogP contribution in [0.4, 0.5) is 0 Å². The molecule has 104 valence electrons. The van der Waals surface area contributed by atoms with Crippen molar-refractivity contribution in [1.82, 2.24) is 10.6 Å². The molecule has 0 bridgehead atoms. The zero-order valence-corrected chi connectivity index (χ0v) is 12.4. The predicted octanol–water partition coefficient (Wildman–Crippen LogP) is 3.09. The third-order valence-corrected chi connectivity index (χ3v) is 3.71. The zero-order chi connectivity index (χ0) is 13.4. The molecule has 3 nitrogen and oxygen atoms in total. The molecule has 0 aromatic carbocycles. The molecule has 3 heteroatoms. The van der Waals surface area contributed by atoms with Gasteiger partial charge >= 0.3 is 0 Å². The van der Waals surface area contributed by atoms with Gasteiger partial charge in [-0.25, -0.2) is 0 Å². The molecule has 0 saturated carbocycles. The lowest BCUT2D eigenvalue weighted by atomic mass is 9.97. The maximum absolute atomic E-state index is 4.27. The van der Waals surface area contributed by atoms with Crippen LogP contribution in [0.3, 0.4) is 0 Å². The van der Waals surface area contributed by atoms with E-state index in [4.69, 9.17) is 0 Å². The molecule has 0 saturated heterocycles. The number of guanidine groups is 1. The summed E-state index contributed by atoms with van der Waals surface area (Å²) in [4.78, 5) is 4.27. The van der Waals surface area contributed by atoms with E-state index in [0.717, 1.165) is 18.9 Å². The van der Waals surface area contributed by atoms with Crippen LogP contribution >= 0.6 is 0 Å². The molecule has 0 spiro atoms. The summed E-state index contributed by atoms with van der Waals surface area (Å²) in [6.45, 7) is 7.62. The lowest BCUT2D eigenvalue weighted by Crippen LogP contribution is -2.44. The third kappa shape index (κ3) is 5.56. The van der Waals surface area contributed by atoms with Gasteiger partial charge in [0.15, 0.2) is 5.96 Å². The normalized spacial score (nSPS) is 18.5. The van der Waals surface area contributed by atoms with Crippen LogP contribution < -0.4 is 10.6 Å². The van der Waals surface area contributed by atoms with Gasteiger partial charge in [0.05, 0.1) is 0 Å². The van der Waals surface area contributed by atoms with Crippen LogP contribution in [0, 0.1) is 5.92 Å². The van der Waals surface area contributed by atoms with Crippen LogP contribution in [-0.2, 0) is 0 Å². The summed E-state index contributed by atoms with van der Waals surface area (Å²) < 4.78 is 0. The Kier molecular flexibility index (Phi) is 6.84. The van der Waals surface area contributed by atoms with E-state index in [9.17, 15) is 0 Å². The lowest BCUT2D eigenvalue weighted by Gasteiger charge is -2.21. The highest BCUT2D eigenvalue weighted by molar-refractivity contribution is 5.79. The van der Waals surface area contributed by atoms with Crippen molar-refractivity contribution in [2.24, 2.45) is 10.9 Å². The molecule has 0 heterocycles. The van der Waals surface area contributed by atoms with Crippen molar-refractivity contribution in [3.63, 3.8) is 0 Å². The van der Waals surface area contributed by atoms with E-state index in [1.54, 1.807) is 5.57 Å². The number of aliphatic imine (C=N–C) groups is 1. The molecule has 0 fully saturated rings. The standard InChI is InChI=1S/C15H29N3/c1-12(2)13(3)18-15(16-4)17-11-10-14-8-6-5-7-9-14/h8,12-13H,5-7,9-11H2,1-4H3,(H2,16,17,18). The molecule has 1 aliphatic rings. The molecular formula is C15H29N3.